The Morgan fingerprint density at radius 3 is 2.72 bits per heavy atom. The number of amidine groups is 1. The third kappa shape index (κ3) is 3.97. The van der Waals surface area contributed by atoms with Gasteiger partial charge in [-0.2, -0.15) is 9.98 Å². The number of methoxy groups -OCH3 is 2. The molecule has 1 amide bonds. The number of carbonyl (C=O) groups excluding carboxylic acids is 1. The summed E-state index contributed by atoms with van der Waals surface area (Å²) >= 11 is 0. The lowest BCUT2D eigenvalue weighted by Gasteiger charge is -2.30. The Kier molecular flexibility index (Phi) is 5.53. The number of rotatable bonds is 4. The van der Waals surface area contributed by atoms with Gasteiger partial charge in [0, 0.05) is 30.9 Å². The van der Waals surface area contributed by atoms with Crippen LogP contribution in [-0.2, 0) is 9.53 Å². The molecule has 29 heavy (non-hydrogen) atoms. The highest BCUT2D eigenvalue weighted by atomic mass is 16.5. The van der Waals surface area contributed by atoms with E-state index in [2.05, 4.69) is 15.0 Å². The molecule has 3 heterocycles. The predicted octanol–water partition coefficient (Wildman–Crippen LogP) is 1.97. The maximum Gasteiger partial charge on any atom is 0.264 e. The van der Waals surface area contributed by atoms with Crippen LogP contribution in [0.3, 0.4) is 0 Å². The second kappa shape index (κ2) is 8.40. The van der Waals surface area contributed by atoms with Gasteiger partial charge in [-0.05, 0) is 23.8 Å². The van der Waals surface area contributed by atoms with E-state index in [1.165, 1.54) is 0 Å². The molecule has 0 aliphatic carbocycles. The summed E-state index contributed by atoms with van der Waals surface area (Å²) in [4.78, 5) is 27.8. The molecule has 1 fully saturated rings. The number of carbonyl (C=O) groups is 1. The fraction of sp³-hybridized carbons (Fsp3) is 0.333. The van der Waals surface area contributed by atoms with Crippen molar-refractivity contribution in [1.82, 2.24) is 4.90 Å². The molecule has 1 aromatic carbocycles. The topological polar surface area (TPSA) is 85.1 Å². The lowest BCUT2D eigenvalue weighted by Crippen LogP contribution is -2.43. The molecule has 0 radical (unpaired) electrons. The minimum atomic E-state index is -0.592. The summed E-state index contributed by atoms with van der Waals surface area (Å²) in [6.07, 6.45) is 7.25. The van der Waals surface area contributed by atoms with Gasteiger partial charge in [-0.3, -0.25) is 4.79 Å². The molecule has 4 rings (SSSR count). The van der Waals surface area contributed by atoms with Crippen molar-refractivity contribution in [3.8, 4) is 11.5 Å². The first-order chi connectivity index (χ1) is 14.2. The highest BCUT2D eigenvalue weighted by Crippen LogP contribution is 2.28. The van der Waals surface area contributed by atoms with Gasteiger partial charge in [0.05, 0.1) is 27.4 Å². The molecule has 3 aliphatic heterocycles. The van der Waals surface area contributed by atoms with E-state index >= 15 is 0 Å². The number of hydrogen-bond acceptors (Lipinski definition) is 7. The van der Waals surface area contributed by atoms with E-state index in [0.717, 1.165) is 11.1 Å². The van der Waals surface area contributed by atoms with E-state index < -0.39 is 5.92 Å². The van der Waals surface area contributed by atoms with Gasteiger partial charge in [-0.1, -0.05) is 12.2 Å². The van der Waals surface area contributed by atoms with Gasteiger partial charge in [0.25, 0.3) is 5.91 Å². The second-order valence-corrected chi connectivity index (χ2v) is 6.64. The highest BCUT2D eigenvalue weighted by molar-refractivity contribution is 6.20. The van der Waals surface area contributed by atoms with Crippen LogP contribution in [0.2, 0.25) is 0 Å². The number of ether oxygens (including phenoxy) is 3. The van der Waals surface area contributed by atoms with Crippen molar-refractivity contribution in [2.24, 2.45) is 20.9 Å². The lowest BCUT2D eigenvalue weighted by atomic mass is 9.93. The number of morpholine rings is 1. The number of fused-ring (bicyclic) bond motifs is 1. The Hall–Kier alpha value is -3.26. The van der Waals surface area contributed by atoms with Crippen molar-refractivity contribution in [3.05, 3.63) is 41.5 Å². The predicted molar refractivity (Wildman–Crippen MR) is 111 cm³/mol. The van der Waals surface area contributed by atoms with E-state index in [-0.39, 0.29) is 5.91 Å². The van der Waals surface area contributed by atoms with Crippen molar-refractivity contribution in [3.63, 3.8) is 0 Å². The average molecular weight is 394 g/mol. The fourth-order valence-electron chi connectivity index (χ4n) is 3.36. The molecule has 8 nitrogen and oxygen atoms in total. The van der Waals surface area contributed by atoms with Gasteiger partial charge in [0.1, 0.15) is 23.3 Å². The first kappa shape index (κ1) is 19.1. The van der Waals surface area contributed by atoms with Crippen LogP contribution in [0.1, 0.15) is 5.56 Å². The first-order valence-corrected chi connectivity index (χ1v) is 9.38. The van der Waals surface area contributed by atoms with Gasteiger partial charge in [0.2, 0.25) is 5.96 Å². The Labute approximate surface area is 168 Å². The van der Waals surface area contributed by atoms with Crippen LogP contribution in [0.5, 0.6) is 11.5 Å². The first-order valence-electron chi connectivity index (χ1n) is 9.38. The minimum Gasteiger partial charge on any atom is -0.497 e. The maximum atomic E-state index is 12.8. The van der Waals surface area contributed by atoms with Crippen LogP contribution in [-0.4, -0.2) is 69.3 Å². The number of dihydropyridines is 1. The third-order valence-electron chi connectivity index (χ3n) is 4.93. The lowest BCUT2D eigenvalue weighted by molar-refractivity contribution is -0.119. The van der Waals surface area contributed by atoms with Crippen molar-refractivity contribution in [2.75, 3.05) is 40.5 Å². The van der Waals surface area contributed by atoms with Gasteiger partial charge in [-0.25, -0.2) is 4.99 Å². The van der Waals surface area contributed by atoms with Gasteiger partial charge >= 0.3 is 0 Å². The normalized spacial score (nSPS) is 21.4. The van der Waals surface area contributed by atoms with Crippen molar-refractivity contribution < 1.29 is 19.0 Å². The summed E-state index contributed by atoms with van der Waals surface area (Å²) in [6.45, 7) is 2.53. The number of allylic oxidation sites excluding steroid dienone is 2. The van der Waals surface area contributed by atoms with Crippen LogP contribution in [0.25, 0.3) is 6.08 Å². The van der Waals surface area contributed by atoms with Gasteiger partial charge in [0.15, 0.2) is 0 Å². The summed E-state index contributed by atoms with van der Waals surface area (Å²) in [5, 5.41) is 0. The van der Waals surface area contributed by atoms with E-state index in [0.29, 0.717) is 49.6 Å². The second-order valence-electron chi connectivity index (χ2n) is 6.64. The number of hydrogen-bond donors (Lipinski definition) is 0. The molecule has 1 saturated heterocycles. The zero-order valence-electron chi connectivity index (χ0n) is 16.4. The molecule has 0 aromatic heterocycles. The molecule has 1 unspecified atom stereocenters. The molecule has 1 aromatic rings. The number of amides is 1. The zero-order valence-corrected chi connectivity index (χ0v) is 16.4. The van der Waals surface area contributed by atoms with E-state index in [1.54, 1.807) is 20.4 Å². The summed E-state index contributed by atoms with van der Waals surface area (Å²) < 4.78 is 16.0. The summed E-state index contributed by atoms with van der Waals surface area (Å²) in [7, 11) is 3.22. The minimum absolute atomic E-state index is 0.258. The fourth-order valence-corrected chi connectivity index (χ4v) is 3.36. The average Bonchev–Trinajstić information content (AvgIpc) is 2.77. The van der Waals surface area contributed by atoms with Crippen LogP contribution in [0.4, 0.5) is 0 Å². The third-order valence-corrected chi connectivity index (χ3v) is 4.93. The Balaban J connectivity index is 1.57. The molecule has 0 spiro atoms. The standard InChI is InChI=1S/C21H22N4O4/c1-27-16-6-5-14(17(13-16)28-2)3-4-15-7-8-22-19-18(15)20(26)24-21(23-19)25-9-11-29-12-10-25/h3-8,13,18H,9-12H2,1-2H3/b4-3+. The molecule has 0 saturated carbocycles. The smallest absolute Gasteiger partial charge is 0.264 e. The Morgan fingerprint density at radius 1 is 1.14 bits per heavy atom. The number of benzene rings is 1. The van der Waals surface area contributed by atoms with Crippen LogP contribution in [0, 0.1) is 5.92 Å². The number of aliphatic imine (C=N–C) groups is 3. The number of nitrogens with zero attached hydrogens (tertiary/aromatic N) is 4. The van der Waals surface area contributed by atoms with Crippen LogP contribution < -0.4 is 9.47 Å². The number of guanidine groups is 1. The Bertz CT molecular complexity index is 955. The van der Waals surface area contributed by atoms with E-state index in [1.807, 2.05) is 41.3 Å². The molecule has 0 bridgehead atoms. The maximum absolute atomic E-state index is 12.8. The molecule has 3 aliphatic rings. The van der Waals surface area contributed by atoms with Crippen molar-refractivity contribution >= 4 is 30.0 Å². The largest absolute Gasteiger partial charge is 0.497 e. The summed E-state index contributed by atoms with van der Waals surface area (Å²) in [5.41, 5.74) is 1.65. The Morgan fingerprint density at radius 2 is 1.97 bits per heavy atom. The van der Waals surface area contributed by atoms with Crippen molar-refractivity contribution in [2.45, 2.75) is 0 Å². The molecular weight excluding hydrogens is 372 g/mol. The quantitative estimate of drug-likeness (QED) is 0.780. The molecular formula is C21H22N4O4. The molecule has 150 valence electrons. The highest BCUT2D eigenvalue weighted by Gasteiger charge is 2.34. The van der Waals surface area contributed by atoms with Gasteiger partial charge < -0.3 is 19.1 Å². The van der Waals surface area contributed by atoms with Gasteiger partial charge in [-0.15, -0.1) is 0 Å². The molecule has 8 heteroatoms. The monoisotopic (exact) mass is 394 g/mol. The van der Waals surface area contributed by atoms with E-state index in [9.17, 15) is 4.79 Å². The van der Waals surface area contributed by atoms with E-state index in [4.69, 9.17) is 14.2 Å². The van der Waals surface area contributed by atoms with Crippen molar-refractivity contribution in [1.29, 1.82) is 0 Å². The van der Waals surface area contributed by atoms with Crippen LogP contribution >= 0.6 is 0 Å². The summed E-state index contributed by atoms with van der Waals surface area (Å²) in [6, 6.07) is 5.57. The zero-order chi connectivity index (χ0) is 20.2. The molecule has 1 atom stereocenters. The molecule has 0 N–H and O–H groups in total. The summed E-state index contributed by atoms with van der Waals surface area (Å²) in [5.74, 6) is 1.43. The SMILES string of the molecule is COc1ccc(/C=C/C2=CC=NC3=NC(N4CCOCC4)=NC(=O)C23)c(OC)c1. The van der Waals surface area contributed by atoms with Crippen LogP contribution in [0.15, 0.2) is 50.9 Å².